The molecular weight excluding hydrogens is 296 g/mol. The van der Waals surface area contributed by atoms with Crippen LogP contribution in [-0.2, 0) is 23.2 Å². The van der Waals surface area contributed by atoms with Crippen molar-refractivity contribution in [2.24, 2.45) is 0 Å². The van der Waals surface area contributed by atoms with Crippen molar-refractivity contribution in [2.45, 2.75) is 18.4 Å². The first-order valence-electron chi connectivity index (χ1n) is 8.00. The zero-order chi connectivity index (χ0) is 16.8. The molecule has 0 radical (unpaired) electrons. The number of benzene rings is 2. The van der Waals surface area contributed by atoms with E-state index in [1.807, 2.05) is 79.0 Å². The lowest BCUT2D eigenvalue weighted by molar-refractivity contribution is -0.115. The molecule has 0 unspecified atom stereocenters. The molecule has 3 nitrogen and oxygen atoms in total. The second-order valence-electron chi connectivity index (χ2n) is 6.00. The fourth-order valence-corrected chi connectivity index (χ4v) is 3.10. The van der Waals surface area contributed by atoms with E-state index in [-0.39, 0.29) is 0 Å². The molecule has 0 atom stereocenters. The molecule has 3 rings (SSSR count). The van der Waals surface area contributed by atoms with Crippen LogP contribution in [0.25, 0.3) is 0 Å². The quantitative estimate of drug-likeness (QED) is 0.697. The number of nitrogens with one attached hydrogen (secondary N) is 1. The lowest BCUT2D eigenvalue weighted by Gasteiger charge is -2.31. The van der Waals surface area contributed by atoms with Gasteiger partial charge in [0, 0.05) is 19.0 Å². The highest BCUT2D eigenvalue weighted by Crippen LogP contribution is 2.24. The normalized spacial score (nSPS) is 11.2. The Morgan fingerprint density at radius 2 is 1.29 bits per heavy atom. The Morgan fingerprint density at radius 1 is 0.792 bits per heavy atom. The summed E-state index contributed by atoms with van der Waals surface area (Å²) in [6.45, 7) is 0. The molecule has 3 aromatic rings. The molecule has 0 saturated carbocycles. The Morgan fingerprint density at radius 3 is 1.75 bits per heavy atom. The van der Waals surface area contributed by atoms with Gasteiger partial charge >= 0.3 is 0 Å². The molecule has 120 valence electrons. The van der Waals surface area contributed by atoms with Crippen LogP contribution in [0.2, 0.25) is 0 Å². The third-order valence-electron chi connectivity index (χ3n) is 4.27. The lowest BCUT2D eigenvalue weighted by atomic mass is 9.85. The maximum absolute atomic E-state index is 12.3. The molecule has 0 aliphatic carbocycles. The van der Waals surface area contributed by atoms with Gasteiger partial charge in [0.15, 0.2) is 0 Å². The largest absolute Gasteiger partial charge is 0.320 e. The number of carbonyl (C=O) groups excluding carboxylic acids is 1. The van der Waals surface area contributed by atoms with E-state index in [0.717, 1.165) is 17.4 Å². The summed E-state index contributed by atoms with van der Waals surface area (Å²) in [5.41, 5.74) is 1.67. The topological polar surface area (TPSA) is 45.9 Å². The van der Waals surface area contributed by atoms with E-state index in [9.17, 15) is 4.79 Å². The van der Waals surface area contributed by atoms with E-state index in [1.165, 1.54) is 0 Å². The summed E-state index contributed by atoms with van der Waals surface area (Å²) in [7, 11) is 0. The van der Waals surface area contributed by atoms with Gasteiger partial charge in [-0.05, 0) is 23.3 Å². The lowest BCUT2D eigenvalue weighted by Crippen LogP contribution is -2.45. The minimum atomic E-state index is -0.818. The summed E-state index contributed by atoms with van der Waals surface area (Å²) < 4.78 is 1.78. The van der Waals surface area contributed by atoms with Crippen molar-refractivity contribution in [2.75, 3.05) is 0 Å². The minimum absolute atomic E-state index is 0.330. The molecule has 0 aliphatic rings. The summed E-state index contributed by atoms with van der Waals surface area (Å²) in [5.74, 6) is 0. The molecule has 0 spiro atoms. The second kappa shape index (κ2) is 7.09. The maximum Gasteiger partial charge on any atom is 0.146 e. The van der Waals surface area contributed by atoms with E-state index in [1.54, 1.807) is 10.6 Å². The van der Waals surface area contributed by atoms with Crippen LogP contribution >= 0.6 is 0 Å². The molecule has 0 saturated heterocycles. The number of nitrogens with zero attached hydrogens (tertiary/aromatic N) is 1. The van der Waals surface area contributed by atoms with Gasteiger partial charge in [-0.1, -0.05) is 66.7 Å². The maximum atomic E-state index is 12.3. The van der Waals surface area contributed by atoms with Gasteiger partial charge in [-0.15, -0.1) is 0 Å². The van der Waals surface area contributed by atoms with Crippen molar-refractivity contribution in [1.82, 2.24) is 4.57 Å². The van der Waals surface area contributed by atoms with Crippen molar-refractivity contribution in [1.29, 1.82) is 5.41 Å². The second-order valence-corrected chi connectivity index (χ2v) is 6.00. The number of aromatic nitrogens is 1. The molecule has 0 fully saturated rings. The fraction of sp³-hybridized carbons (Fsp3) is 0.143. The molecule has 3 heteroatoms. The van der Waals surface area contributed by atoms with E-state index >= 15 is 0 Å². The fourth-order valence-electron chi connectivity index (χ4n) is 3.10. The SMILES string of the molecule is N=c1ccccn1C(C=O)(Cc1ccccc1)Cc1ccccc1. The Bertz CT molecular complexity index is 812. The van der Waals surface area contributed by atoms with Crippen LogP contribution < -0.4 is 5.49 Å². The number of pyridine rings is 1. The van der Waals surface area contributed by atoms with Gasteiger partial charge < -0.3 is 9.36 Å². The van der Waals surface area contributed by atoms with E-state index < -0.39 is 5.54 Å². The summed E-state index contributed by atoms with van der Waals surface area (Å²) in [6, 6.07) is 25.3. The van der Waals surface area contributed by atoms with Crippen molar-refractivity contribution < 1.29 is 4.79 Å². The number of carbonyl (C=O) groups is 1. The number of hydrogen-bond donors (Lipinski definition) is 1. The molecule has 1 N–H and O–H groups in total. The van der Waals surface area contributed by atoms with Crippen LogP contribution in [0.3, 0.4) is 0 Å². The molecular formula is C21H20N2O. The third kappa shape index (κ3) is 3.35. The standard InChI is InChI=1S/C21H20N2O/c22-20-13-7-8-14-23(20)21(17-24,15-18-9-3-1-4-10-18)16-19-11-5-2-6-12-19/h1-14,17,22H,15-16H2. The molecule has 0 aliphatic heterocycles. The smallest absolute Gasteiger partial charge is 0.146 e. The van der Waals surface area contributed by atoms with Gasteiger partial charge in [0.25, 0.3) is 0 Å². The van der Waals surface area contributed by atoms with Crippen LogP contribution in [0.1, 0.15) is 11.1 Å². The van der Waals surface area contributed by atoms with Gasteiger partial charge in [-0.3, -0.25) is 5.41 Å². The molecule has 0 bridgehead atoms. The van der Waals surface area contributed by atoms with Crippen LogP contribution in [0.15, 0.2) is 85.1 Å². The van der Waals surface area contributed by atoms with Gasteiger partial charge in [-0.2, -0.15) is 0 Å². The molecule has 1 aromatic heterocycles. The van der Waals surface area contributed by atoms with E-state index in [2.05, 4.69) is 0 Å². The van der Waals surface area contributed by atoms with Gasteiger partial charge in [0.1, 0.15) is 17.3 Å². The van der Waals surface area contributed by atoms with Crippen LogP contribution in [0, 0.1) is 5.41 Å². The highest BCUT2D eigenvalue weighted by Gasteiger charge is 2.32. The van der Waals surface area contributed by atoms with Crippen molar-refractivity contribution in [3.8, 4) is 0 Å². The minimum Gasteiger partial charge on any atom is -0.320 e. The summed E-state index contributed by atoms with van der Waals surface area (Å²) in [5, 5.41) is 8.27. The molecule has 24 heavy (non-hydrogen) atoms. The highest BCUT2D eigenvalue weighted by molar-refractivity contribution is 5.64. The van der Waals surface area contributed by atoms with Crippen molar-refractivity contribution in [3.63, 3.8) is 0 Å². The highest BCUT2D eigenvalue weighted by atomic mass is 16.1. The van der Waals surface area contributed by atoms with Gasteiger partial charge in [0.05, 0.1) is 0 Å². The average molecular weight is 316 g/mol. The first kappa shape index (κ1) is 15.9. The molecule has 1 heterocycles. The summed E-state index contributed by atoms with van der Waals surface area (Å²) in [4.78, 5) is 12.3. The van der Waals surface area contributed by atoms with E-state index in [0.29, 0.717) is 18.3 Å². The zero-order valence-corrected chi connectivity index (χ0v) is 13.4. The average Bonchev–Trinajstić information content (AvgIpc) is 2.63. The number of hydrogen-bond acceptors (Lipinski definition) is 2. The van der Waals surface area contributed by atoms with Crippen molar-refractivity contribution >= 4 is 6.29 Å². The Kier molecular flexibility index (Phi) is 4.71. The predicted octanol–water partition coefficient (Wildman–Crippen LogP) is 3.35. The summed E-state index contributed by atoms with van der Waals surface area (Å²) in [6.07, 6.45) is 3.91. The number of aldehydes is 1. The Hall–Kier alpha value is -2.94. The Balaban J connectivity index is 2.09. The monoisotopic (exact) mass is 316 g/mol. The van der Waals surface area contributed by atoms with Crippen LogP contribution in [-0.4, -0.2) is 10.9 Å². The Labute approximate surface area is 141 Å². The van der Waals surface area contributed by atoms with Crippen LogP contribution in [0.5, 0.6) is 0 Å². The molecule has 2 aromatic carbocycles. The van der Waals surface area contributed by atoms with Crippen molar-refractivity contribution in [3.05, 3.63) is 102 Å². The first-order valence-corrected chi connectivity index (χ1v) is 8.00. The zero-order valence-electron chi connectivity index (χ0n) is 13.4. The predicted molar refractivity (Wildman–Crippen MR) is 94.6 cm³/mol. The molecule has 0 amide bonds. The third-order valence-corrected chi connectivity index (χ3v) is 4.27. The van der Waals surface area contributed by atoms with Gasteiger partial charge in [-0.25, -0.2) is 0 Å². The first-order chi connectivity index (χ1) is 11.7. The van der Waals surface area contributed by atoms with Gasteiger partial charge in [0.2, 0.25) is 0 Å². The van der Waals surface area contributed by atoms with E-state index in [4.69, 9.17) is 5.41 Å². The number of rotatable bonds is 6. The van der Waals surface area contributed by atoms with Crippen LogP contribution in [0.4, 0.5) is 0 Å². The summed E-state index contributed by atoms with van der Waals surface area (Å²) >= 11 is 0.